The minimum absolute atomic E-state index is 0.0964. The summed E-state index contributed by atoms with van der Waals surface area (Å²) in [6.07, 6.45) is 0. The van der Waals surface area contributed by atoms with Crippen molar-refractivity contribution >= 4 is 11.7 Å². The largest absolute Gasteiger partial charge is 0.482 e. The van der Waals surface area contributed by atoms with Crippen molar-refractivity contribution in [3.05, 3.63) is 23.8 Å². The summed E-state index contributed by atoms with van der Waals surface area (Å²) >= 11 is 0. The molecule has 4 nitrogen and oxygen atoms in total. The Balaban J connectivity index is 2.68. The van der Waals surface area contributed by atoms with Crippen molar-refractivity contribution in [2.45, 2.75) is 6.92 Å². The number of rotatable bonds is 3. The average Bonchev–Trinajstić information content (AvgIpc) is 2.20. The van der Waals surface area contributed by atoms with Crippen molar-refractivity contribution in [3.63, 3.8) is 0 Å². The Hall–Kier alpha value is -1.71. The van der Waals surface area contributed by atoms with E-state index in [0.717, 1.165) is 5.56 Å². The van der Waals surface area contributed by atoms with Crippen molar-refractivity contribution in [2.24, 2.45) is 0 Å². The van der Waals surface area contributed by atoms with Crippen LogP contribution in [0.25, 0.3) is 0 Å². The predicted octanol–water partition coefficient (Wildman–Crippen LogP) is 1.13. The lowest BCUT2D eigenvalue weighted by Crippen LogP contribution is -2.13. The quantitative estimate of drug-likeness (QED) is 0.580. The zero-order valence-electron chi connectivity index (χ0n) is 8.24. The summed E-state index contributed by atoms with van der Waals surface area (Å²) in [4.78, 5) is 10.8. The van der Waals surface area contributed by atoms with Crippen LogP contribution in [0.3, 0.4) is 0 Å². The summed E-state index contributed by atoms with van der Waals surface area (Å²) in [6, 6.07) is 5.31. The summed E-state index contributed by atoms with van der Waals surface area (Å²) in [6.45, 7) is 1.74. The molecule has 1 aromatic rings. The lowest BCUT2D eigenvalue weighted by Gasteiger charge is -2.09. The second kappa shape index (κ2) is 4.50. The van der Waals surface area contributed by atoms with Gasteiger partial charge in [0, 0.05) is 11.3 Å². The molecule has 2 N–H and O–H groups in total. The first-order chi connectivity index (χ1) is 6.65. The fraction of sp³-hybridized carbons (Fsp3) is 0.300. The van der Waals surface area contributed by atoms with Gasteiger partial charge in [-0.2, -0.15) is 0 Å². The number of carbonyl (C=O) groups is 1. The zero-order chi connectivity index (χ0) is 10.6. The topological polar surface area (TPSA) is 61.5 Å². The third-order valence-corrected chi connectivity index (χ3v) is 1.90. The number of anilines is 1. The van der Waals surface area contributed by atoms with Crippen LogP contribution in [0.5, 0.6) is 5.75 Å². The van der Waals surface area contributed by atoms with E-state index >= 15 is 0 Å². The molecule has 0 heterocycles. The van der Waals surface area contributed by atoms with Gasteiger partial charge >= 0.3 is 5.97 Å². The van der Waals surface area contributed by atoms with Gasteiger partial charge in [0.1, 0.15) is 5.75 Å². The number of hydrogen-bond acceptors (Lipinski definition) is 4. The Morgan fingerprint density at radius 3 is 2.86 bits per heavy atom. The lowest BCUT2D eigenvalue weighted by molar-refractivity contribution is -0.142. The van der Waals surface area contributed by atoms with Crippen molar-refractivity contribution in [2.75, 3.05) is 19.5 Å². The highest BCUT2D eigenvalue weighted by Gasteiger charge is 2.05. The number of carbonyl (C=O) groups excluding carboxylic acids is 1. The van der Waals surface area contributed by atoms with E-state index < -0.39 is 5.97 Å². The second-order valence-corrected chi connectivity index (χ2v) is 2.84. The molecule has 0 fully saturated rings. The number of benzene rings is 1. The van der Waals surface area contributed by atoms with Gasteiger partial charge in [-0.1, -0.05) is 6.07 Å². The number of hydrogen-bond donors (Lipinski definition) is 1. The van der Waals surface area contributed by atoms with Crippen LogP contribution in [-0.4, -0.2) is 19.7 Å². The summed E-state index contributed by atoms with van der Waals surface area (Å²) < 4.78 is 9.66. The van der Waals surface area contributed by atoms with Crippen LogP contribution in [-0.2, 0) is 9.53 Å². The Kier molecular flexibility index (Phi) is 3.34. The molecule has 14 heavy (non-hydrogen) atoms. The van der Waals surface area contributed by atoms with Crippen molar-refractivity contribution in [3.8, 4) is 5.75 Å². The molecule has 0 aliphatic rings. The number of nitrogens with two attached hydrogens (primary N) is 1. The molecule has 0 aliphatic heterocycles. The lowest BCUT2D eigenvalue weighted by atomic mass is 10.2. The highest BCUT2D eigenvalue weighted by Crippen LogP contribution is 2.22. The fourth-order valence-electron chi connectivity index (χ4n) is 0.983. The normalized spacial score (nSPS) is 9.57. The smallest absolute Gasteiger partial charge is 0.343 e. The van der Waals surface area contributed by atoms with E-state index in [1.54, 1.807) is 18.2 Å². The van der Waals surface area contributed by atoms with Crippen LogP contribution in [0, 0.1) is 6.92 Å². The van der Waals surface area contributed by atoms with Crippen LogP contribution in [0.2, 0.25) is 0 Å². The monoisotopic (exact) mass is 195 g/mol. The molecular formula is C10H13NO3. The molecule has 0 atom stereocenters. The van der Waals surface area contributed by atoms with Gasteiger partial charge in [-0.25, -0.2) is 4.79 Å². The SMILES string of the molecule is COC(=O)COc1cccc(N)c1C. The number of methoxy groups -OCH3 is 1. The number of esters is 1. The van der Waals surface area contributed by atoms with E-state index in [4.69, 9.17) is 10.5 Å². The first-order valence-corrected chi connectivity index (χ1v) is 4.20. The third kappa shape index (κ3) is 2.39. The van der Waals surface area contributed by atoms with E-state index in [1.807, 2.05) is 6.92 Å². The molecule has 0 bridgehead atoms. The average molecular weight is 195 g/mol. The van der Waals surface area contributed by atoms with Gasteiger partial charge < -0.3 is 15.2 Å². The van der Waals surface area contributed by atoms with Crippen molar-refractivity contribution in [1.82, 2.24) is 0 Å². The van der Waals surface area contributed by atoms with Crippen LogP contribution in [0.4, 0.5) is 5.69 Å². The molecule has 0 saturated carbocycles. The number of nitrogen functional groups attached to an aromatic ring is 1. The van der Waals surface area contributed by atoms with Gasteiger partial charge in [-0.3, -0.25) is 0 Å². The first-order valence-electron chi connectivity index (χ1n) is 4.20. The maximum Gasteiger partial charge on any atom is 0.343 e. The molecule has 76 valence electrons. The molecule has 0 amide bonds. The molecule has 1 rings (SSSR count). The van der Waals surface area contributed by atoms with Crippen LogP contribution in [0.15, 0.2) is 18.2 Å². The molecular weight excluding hydrogens is 182 g/mol. The second-order valence-electron chi connectivity index (χ2n) is 2.84. The Bertz CT molecular complexity index is 336. The highest BCUT2D eigenvalue weighted by atomic mass is 16.6. The Labute approximate surface area is 82.6 Å². The molecule has 4 heteroatoms. The van der Waals surface area contributed by atoms with Crippen LogP contribution >= 0.6 is 0 Å². The van der Waals surface area contributed by atoms with E-state index in [0.29, 0.717) is 11.4 Å². The van der Waals surface area contributed by atoms with E-state index in [9.17, 15) is 4.79 Å². The fourth-order valence-corrected chi connectivity index (χ4v) is 0.983. The van der Waals surface area contributed by atoms with Crippen molar-refractivity contribution < 1.29 is 14.3 Å². The van der Waals surface area contributed by atoms with Gasteiger partial charge in [-0.15, -0.1) is 0 Å². The van der Waals surface area contributed by atoms with Gasteiger partial charge in [0.2, 0.25) is 0 Å². The van der Waals surface area contributed by atoms with Gasteiger partial charge in [0.15, 0.2) is 6.61 Å². The molecule has 0 unspecified atom stereocenters. The maximum atomic E-state index is 10.8. The van der Waals surface area contributed by atoms with Crippen LogP contribution < -0.4 is 10.5 Å². The molecule has 1 aromatic carbocycles. The Morgan fingerprint density at radius 1 is 1.50 bits per heavy atom. The molecule has 0 spiro atoms. The molecule has 0 aromatic heterocycles. The standard InChI is InChI=1S/C10H13NO3/c1-7-8(11)4-3-5-9(7)14-6-10(12)13-2/h3-5H,6,11H2,1-2H3. The number of ether oxygens (including phenoxy) is 2. The summed E-state index contributed by atoms with van der Waals surface area (Å²) in [7, 11) is 1.32. The van der Waals surface area contributed by atoms with E-state index in [2.05, 4.69) is 4.74 Å². The van der Waals surface area contributed by atoms with Gasteiger partial charge in [-0.05, 0) is 19.1 Å². The maximum absolute atomic E-state index is 10.8. The minimum Gasteiger partial charge on any atom is -0.482 e. The predicted molar refractivity (Wildman–Crippen MR) is 53.1 cm³/mol. The molecule has 0 aliphatic carbocycles. The molecule has 0 saturated heterocycles. The third-order valence-electron chi connectivity index (χ3n) is 1.90. The highest BCUT2D eigenvalue weighted by molar-refractivity contribution is 5.71. The van der Waals surface area contributed by atoms with E-state index in [-0.39, 0.29) is 6.61 Å². The minimum atomic E-state index is -0.410. The Morgan fingerprint density at radius 2 is 2.21 bits per heavy atom. The van der Waals surface area contributed by atoms with Gasteiger partial charge in [0.05, 0.1) is 7.11 Å². The zero-order valence-corrected chi connectivity index (χ0v) is 8.24. The summed E-state index contributed by atoms with van der Waals surface area (Å²) in [5.74, 6) is 0.197. The first kappa shape index (κ1) is 10.4. The molecule has 0 radical (unpaired) electrons. The van der Waals surface area contributed by atoms with Crippen molar-refractivity contribution in [1.29, 1.82) is 0 Å². The van der Waals surface area contributed by atoms with Crippen LogP contribution in [0.1, 0.15) is 5.56 Å². The summed E-state index contributed by atoms with van der Waals surface area (Å²) in [5, 5.41) is 0. The van der Waals surface area contributed by atoms with Gasteiger partial charge in [0.25, 0.3) is 0 Å². The van der Waals surface area contributed by atoms with E-state index in [1.165, 1.54) is 7.11 Å². The summed E-state index contributed by atoms with van der Waals surface area (Å²) in [5.41, 5.74) is 7.14.